The highest BCUT2D eigenvalue weighted by Crippen LogP contribution is 2.33. The number of nitrogens with zero attached hydrogens (tertiary/aromatic N) is 1. The second-order valence-electron chi connectivity index (χ2n) is 5.90. The first kappa shape index (κ1) is 13.0. The summed E-state index contributed by atoms with van der Waals surface area (Å²) in [6, 6.07) is 0. The summed E-state index contributed by atoms with van der Waals surface area (Å²) in [5, 5.41) is 3.47. The SMILES string of the molecule is CCCNCCN1CCC(C(C)(C)C)C1. The zero-order valence-electron chi connectivity index (χ0n) is 11.0. The number of likely N-dealkylation sites (tertiary alicyclic amines) is 1. The average Bonchev–Trinajstić information content (AvgIpc) is 2.60. The summed E-state index contributed by atoms with van der Waals surface area (Å²) in [5.41, 5.74) is 0.492. The molecule has 1 aliphatic rings. The Morgan fingerprint density at radius 2 is 2.00 bits per heavy atom. The van der Waals surface area contributed by atoms with Crippen molar-refractivity contribution in [3.63, 3.8) is 0 Å². The van der Waals surface area contributed by atoms with E-state index in [9.17, 15) is 0 Å². The predicted octanol–water partition coefficient (Wildman–Crippen LogP) is 2.35. The highest BCUT2D eigenvalue weighted by molar-refractivity contribution is 4.83. The van der Waals surface area contributed by atoms with Gasteiger partial charge in [-0.2, -0.15) is 0 Å². The van der Waals surface area contributed by atoms with Gasteiger partial charge < -0.3 is 10.2 Å². The maximum atomic E-state index is 3.47. The number of hydrogen-bond donors (Lipinski definition) is 1. The van der Waals surface area contributed by atoms with Crippen LogP contribution in [0.15, 0.2) is 0 Å². The molecule has 2 nitrogen and oxygen atoms in total. The molecule has 0 amide bonds. The van der Waals surface area contributed by atoms with Crippen molar-refractivity contribution in [1.29, 1.82) is 0 Å². The molecule has 0 spiro atoms. The normalized spacial score (nSPS) is 23.6. The van der Waals surface area contributed by atoms with Gasteiger partial charge in [0.25, 0.3) is 0 Å². The van der Waals surface area contributed by atoms with Gasteiger partial charge >= 0.3 is 0 Å². The van der Waals surface area contributed by atoms with Crippen molar-refractivity contribution in [1.82, 2.24) is 10.2 Å². The van der Waals surface area contributed by atoms with Crippen LogP contribution in [-0.2, 0) is 0 Å². The van der Waals surface area contributed by atoms with E-state index in [-0.39, 0.29) is 0 Å². The Morgan fingerprint density at radius 3 is 2.53 bits per heavy atom. The van der Waals surface area contributed by atoms with Crippen LogP contribution in [-0.4, -0.2) is 37.6 Å². The fraction of sp³-hybridized carbons (Fsp3) is 1.00. The third-order valence-electron chi connectivity index (χ3n) is 3.53. The average molecular weight is 212 g/mol. The zero-order valence-corrected chi connectivity index (χ0v) is 11.0. The fourth-order valence-corrected chi connectivity index (χ4v) is 2.28. The second-order valence-corrected chi connectivity index (χ2v) is 5.90. The molecule has 1 unspecified atom stereocenters. The van der Waals surface area contributed by atoms with Gasteiger partial charge in [0.1, 0.15) is 0 Å². The summed E-state index contributed by atoms with van der Waals surface area (Å²) >= 11 is 0. The van der Waals surface area contributed by atoms with Gasteiger partial charge in [-0.3, -0.25) is 0 Å². The summed E-state index contributed by atoms with van der Waals surface area (Å²) in [6.45, 7) is 15.5. The minimum absolute atomic E-state index is 0.492. The molecule has 1 N–H and O–H groups in total. The number of nitrogens with one attached hydrogen (secondary N) is 1. The van der Waals surface area contributed by atoms with E-state index in [0.29, 0.717) is 5.41 Å². The Bertz CT molecular complexity index is 172. The highest BCUT2D eigenvalue weighted by atomic mass is 15.2. The van der Waals surface area contributed by atoms with Crippen molar-refractivity contribution in [2.75, 3.05) is 32.7 Å². The van der Waals surface area contributed by atoms with Crippen molar-refractivity contribution >= 4 is 0 Å². The molecule has 15 heavy (non-hydrogen) atoms. The van der Waals surface area contributed by atoms with Crippen LogP contribution in [0.4, 0.5) is 0 Å². The van der Waals surface area contributed by atoms with E-state index in [1.807, 2.05) is 0 Å². The van der Waals surface area contributed by atoms with Gasteiger partial charge in [0, 0.05) is 19.6 Å². The van der Waals surface area contributed by atoms with E-state index in [2.05, 4.69) is 37.9 Å². The van der Waals surface area contributed by atoms with Crippen molar-refractivity contribution < 1.29 is 0 Å². The second kappa shape index (κ2) is 5.86. The molecular weight excluding hydrogens is 184 g/mol. The van der Waals surface area contributed by atoms with Crippen LogP contribution in [0.25, 0.3) is 0 Å². The first-order valence-electron chi connectivity index (χ1n) is 6.47. The van der Waals surface area contributed by atoms with Crippen LogP contribution < -0.4 is 5.32 Å². The molecule has 1 aliphatic heterocycles. The van der Waals surface area contributed by atoms with Crippen molar-refractivity contribution in [2.24, 2.45) is 11.3 Å². The summed E-state index contributed by atoms with van der Waals surface area (Å²) in [7, 11) is 0. The van der Waals surface area contributed by atoms with Crippen LogP contribution in [0.2, 0.25) is 0 Å². The number of hydrogen-bond acceptors (Lipinski definition) is 2. The Hall–Kier alpha value is -0.0800. The lowest BCUT2D eigenvalue weighted by Gasteiger charge is -2.27. The lowest BCUT2D eigenvalue weighted by molar-refractivity contribution is 0.229. The standard InChI is InChI=1S/C13H28N2/c1-5-7-14-8-10-15-9-6-12(11-15)13(2,3)4/h12,14H,5-11H2,1-4H3. The maximum absolute atomic E-state index is 3.47. The van der Waals surface area contributed by atoms with E-state index in [4.69, 9.17) is 0 Å². The van der Waals surface area contributed by atoms with E-state index >= 15 is 0 Å². The van der Waals surface area contributed by atoms with Crippen LogP contribution in [0.3, 0.4) is 0 Å². The molecule has 0 aromatic rings. The van der Waals surface area contributed by atoms with Gasteiger partial charge in [-0.05, 0) is 37.3 Å². The summed E-state index contributed by atoms with van der Waals surface area (Å²) in [6.07, 6.45) is 2.63. The Morgan fingerprint density at radius 1 is 1.27 bits per heavy atom. The van der Waals surface area contributed by atoms with Gasteiger partial charge in [0.2, 0.25) is 0 Å². The summed E-state index contributed by atoms with van der Waals surface area (Å²) < 4.78 is 0. The van der Waals surface area contributed by atoms with Gasteiger partial charge in [-0.25, -0.2) is 0 Å². The molecule has 0 radical (unpaired) electrons. The molecule has 0 bridgehead atoms. The molecule has 1 saturated heterocycles. The van der Waals surface area contributed by atoms with Gasteiger partial charge in [-0.1, -0.05) is 27.7 Å². The van der Waals surface area contributed by atoms with E-state index in [1.165, 1.54) is 32.5 Å². The quantitative estimate of drug-likeness (QED) is 0.704. The highest BCUT2D eigenvalue weighted by Gasteiger charge is 2.31. The molecule has 2 heteroatoms. The molecule has 1 heterocycles. The molecule has 0 aliphatic carbocycles. The van der Waals surface area contributed by atoms with Crippen LogP contribution in [0, 0.1) is 11.3 Å². The van der Waals surface area contributed by atoms with Crippen molar-refractivity contribution in [3.8, 4) is 0 Å². The maximum Gasteiger partial charge on any atom is 0.0107 e. The van der Waals surface area contributed by atoms with E-state index < -0.39 is 0 Å². The Kier molecular flexibility index (Phi) is 5.07. The first-order valence-corrected chi connectivity index (χ1v) is 6.47. The summed E-state index contributed by atoms with van der Waals surface area (Å²) in [5.74, 6) is 0.892. The third kappa shape index (κ3) is 4.52. The molecule has 90 valence electrons. The minimum atomic E-state index is 0.492. The van der Waals surface area contributed by atoms with Gasteiger partial charge in [0.05, 0.1) is 0 Å². The largest absolute Gasteiger partial charge is 0.315 e. The van der Waals surface area contributed by atoms with Crippen molar-refractivity contribution in [3.05, 3.63) is 0 Å². The molecule has 1 fully saturated rings. The number of rotatable bonds is 5. The Balaban J connectivity index is 2.14. The molecule has 0 saturated carbocycles. The molecule has 1 atom stereocenters. The van der Waals surface area contributed by atoms with Crippen LogP contribution >= 0.6 is 0 Å². The zero-order chi connectivity index (χ0) is 11.3. The summed E-state index contributed by atoms with van der Waals surface area (Å²) in [4.78, 5) is 2.61. The monoisotopic (exact) mass is 212 g/mol. The van der Waals surface area contributed by atoms with Gasteiger partial charge in [-0.15, -0.1) is 0 Å². The first-order chi connectivity index (χ1) is 7.04. The third-order valence-corrected chi connectivity index (χ3v) is 3.53. The molecule has 0 aromatic heterocycles. The molecule has 0 aromatic carbocycles. The lowest BCUT2D eigenvalue weighted by Crippen LogP contribution is -2.32. The minimum Gasteiger partial charge on any atom is -0.315 e. The molecule has 1 rings (SSSR count). The van der Waals surface area contributed by atoms with Gasteiger partial charge in [0.15, 0.2) is 0 Å². The lowest BCUT2D eigenvalue weighted by atomic mass is 9.80. The van der Waals surface area contributed by atoms with Crippen molar-refractivity contribution in [2.45, 2.75) is 40.5 Å². The van der Waals surface area contributed by atoms with Crippen LogP contribution in [0.5, 0.6) is 0 Å². The predicted molar refractivity (Wildman–Crippen MR) is 67.2 cm³/mol. The Labute approximate surface area is 95.4 Å². The fourth-order valence-electron chi connectivity index (χ4n) is 2.28. The topological polar surface area (TPSA) is 15.3 Å². The van der Waals surface area contributed by atoms with E-state index in [0.717, 1.165) is 19.0 Å². The van der Waals surface area contributed by atoms with Crippen LogP contribution in [0.1, 0.15) is 40.5 Å². The smallest absolute Gasteiger partial charge is 0.0107 e. The van der Waals surface area contributed by atoms with E-state index in [1.54, 1.807) is 0 Å². The molecular formula is C13H28N2.